The summed E-state index contributed by atoms with van der Waals surface area (Å²) in [4.78, 5) is 14.5. The van der Waals surface area contributed by atoms with Crippen LogP contribution in [0.1, 0.15) is 19.4 Å². The second kappa shape index (κ2) is 7.42. The molecule has 1 aromatic heterocycles. The quantitative estimate of drug-likeness (QED) is 0.804. The van der Waals surface area contributed by atoms with Crippen molar-refractivity contribution in [2.24, 2.45) is 0 Å². The van der Waals surface area contributed by atoms with E-state index in [-0.39, 0.29) is 12.0 Å². The third-order valence-corrected chi connectivity index (χ3v) is 6.30. The lowest BCUT2D eigenvalue weighted by Gasteiger charge is -2.33. The molecule has 2 aliphatic rings. The predicted molar refractivity (Wildman–Crippen MR) is 104 cm³/mol. The minimum Gasteiger partial charge on any atom is -0.490 e. The van der Waals surface area contributed by atoms with Gasteiger partial charge in [0.15, 0.2) is 0 Å². The Bertz CT molecular complexity index is 804. The molecule has 3 heterocycles. The summed E-state index contributed by atoms with van der Waals surface area (Å²) in [7, 11) is 0. The Morgan fingerprint density at radius 1 is 1.31 bits per heavy atom. The zero-order valence-electron chi connectivity index (χ0n) is 14.8. The predicted octanol–water partition coefficient (Wildman–Crippen LogP) is 2.65. The van der Waals surface area contributed by atoms with Crippen molar-refractivity contribution in [1.82, 2.24) is 14.5 Å². The molecule has 1 fully saturated rings. The molecule has 138 valence electrons. The first-order chi connectivity index (χ1) is 12.6. The summed E-state index contributed by atoms with van der Waals surface area (Å²) in [5.74, 6) is 0.905. The summed E-state index contributed by atoms with van der Waals surface area (Å²) in [5, 5.41) is 12.3. The molecule has 0 spiro atoms. The van der Waals surface area contributed by atoms with Gasteiger partial charge in [-0.05, 0) is 36.6 Å². The average molecular weight is 392 g/mol. The summed E-state index contributed by atoms with van der Waals surface area (Å²) in [5.41, 5.74) is 1.30. The van der Waals surface area contributed by atoms with E-state index >= 15 is 0 Å². The number of fused-ring (bicyclic) bond motifs is 1. The molecule has 0 saturated carbocycles. The monoisotopic (exact) mass is 391 g/mol. The van der Waals surface area contributed by atoms with E-state index < -0.39 is 0 Å². The summed E-state index contributed by atoms with van der Waals surface area (Å²) in [6.45, 7) is 7.24. The number of carbonyl (C=O) groups is 1. The molecule has 0 radical (unpaired) electrons. The first-order valence-corrected chi connectivity index (χ1v) is 10.2. The van der Waals surface area contributed by atoms with Crippen molar-refractivity contribution in [1.29, 1.82) is 0 Å². The molecule has 4 rings (SSSR count). The van der Waals surface area contributed by atoms with Crippen LogP contribution in [0.25, 0.3) is 0 Å². The van der Waals surface area contributed by atoms with E-state index in [1.807, 2.05) is 0 Å². The largest absolute Gasteiger partial charge is 0.490 e. The van der Waals surface area contributed by atoms with E-state index in [0.717, 1.165) is 43.5 Å². The lowest BCUT2D eigenvalue weighted by Crippen LogP contribution is -2.43. The van der Waals surface area contributed by atoms with Gasteiger partial charge in [-0.25, -0.2) is 4.31 Å². The Balaban J connectivity index is 1.32. The highest BCUT2D eigenvalue weighted by Crippen LogP contribution is 2.35. The molecule has 1 amide bonds. The summed E-state index contributed by atoms with van der Waals surface area (Å²) in [6, 6.07) is 6.52. The number of carbonyl (C=O) groups excluding carboxylic acids is 1. The van der Waals surface area contributed by atoms with Crippen molar-refractivity contribution < 1.29 is 9.53 Å². The fraction of sp³-hybridized carbons (Fsp3) is 0.471. The fourth-order valence-electron chi connectivity index (χ4n) is 3.10. The lowest BCUT2D eigenvalue weighted by molar-refractivity contribution is -0.114. The average Bonchev–Trinajstić information content (AvgIpc) is 3.20. The topological polar surface area (TPSA) is 70.6 Å². The summed E-state index contributed by atoms with van der Waals surface area (Å²) < 4.78 is 8.22. The number of rotatable bonds is 4. The van der Waals surface area contributed by atoms with Crippen LogP contribution >= 0.6 is 23.3 Å². The number of benzene rings is 1. The molecular formula is C17H21N5O2S2. The highest BCUT2D eigenvalue weighted by atomic mass is 32.2. The number of amides is 1. The van der Waals surface area contributed by atoms with Crippen molar-refractivity contribution >= 4 is 39.5 Å². The third kappa shape index (κ3) is 3.94. The molecule has 0 aliphatic carbocycles. The molecule has 1 N–H and O–H groups in total. The number of aromatic nitrogens is 2. The van der Waals surface area contributed by atoms with Gasteiger partial charge in [0.2, 0.25) is 16.2 Å². The van der Waals surface area contributed by atoms with Gasteiger partial charge in [0.1, 0.15) is 11.9 Å². The highest BCUT2D eigenvalue weighted by molar-refractivity contribution is 7.97. The van der Waals surface area contributed by atoms with Crippen LogP contribution < -0.4 is 15.0 Å². The van der Waals surface area contributed by atoms with Crippen LogP contribution in [0, 0.1) is 0 Å². The molecule has 26 heavy (non-hydrogen) atoms. The van der Waals surface area contributed by atoms with Gasteiger partial charge in [0, 0.05) is 44.4 Å². The van der Waals surface area contributed by atoms with Crippen molar-refractivity contribution in [3.8, 4) is 5.75 Å². The maximum atomic E-state index is 11.1. The van der Waals surface area contributed by atoms with Crippen LogP contribution in [-0.2, 0) is 11.2 Å². The molecular weight excluding hydrogens is 370 g/mol. The van der Waals surface area contributed by atoms with Gasteiger partial charge in [0.05, 0.1) is 0 Å². The SMILES string of the molecule is CC(=O)Nc1nnc(N2CCN(Sc3ccc4c(c3)O[C@@H](C)C4)CC2)s1. The van der Waals surface area contributed by atoms with E-state index in [4.69, 9.17) is 4.74 Å². The molecule has 0 bridgehead atoms. The molecule has 2 aliphatic heterocycles. The van der Waals surface area contributed by atoms with Gasteiger partial charge in [-0.1, -0.05) is 17.4 Å². The van der Waals surface area contributed by atoms with Gasteiger partial charge in [-0.3, -0.25) is 4.79 Å². The van der Waals surface area contributed by atoms with Gasteiger partial charge in [-0.2, -0.15) is 0 Å². The van der Waals surface area contributed by atoms with Crippen molar-refractivity contribution in [2.75, 3.05) is 36.4 Å². The van der Waals surface area contributed by atoms with Crippen molar-refractivity contribution in [3.05, 3.63) is 23.8 Å². The van der Waals surface area contributed by atoms with Crippen LogP contribution in [0.2, 0.25) is 0 Å². The molecule has 7 nitrogen and oxygen atoms in total. The number of ether oxygens (including phenoxy) is 1. The van der Waals surface area contributed by atoms with E-state index in [0.29, 0.717) is 5.13 Å². The van der Waals surface area contributed by atoms with Crippen molar-refractivity contribution in [3.63, 3.8) is 0 Å². The van der Waals surface area contributed by atoms with Gasteiger partial charge >= 0.3 is 0 Å². The third-order valence-electron chi connectivity index (χ3n) is 4.32. The van der Waals surface area contributed by atoms with Crippen LogP contribution in [0.15, 0.2) is 23.1 Å². The number of hydrogen-bond donors (Lipinski definition) is 1. The number of hydrogen-bond acceptors (Lipinski definition) is 8. The molecule has 0 unspecified atom stereocenters. The Morgan fingerprint density at radius 2 is 2.12 bits per heavy atom. The number of nitrogens with one attached hydrogen (secondary N) is 1. The normalized spacial score (nSPS) is 19.9. The zero-order valence-corrected chi connectivity index (χ0v) is 16.4. The molecule has 9 heteroatoms. The maximum Gasteiger partial charge on any atom is 0.223 e. The first-order valence-electron chi connectivity index (χ1n) is 8.65. The minimum absolute atomic E-state index is 0.123. The summed E-state index contributed by atoms with van der Waals surface area (Å²) in [6.07, 6.45) is 1.28. The first kappa shape index (κ1) is 17.6. The van der Waals surface area contributed by atoms with E-state index in [1.54, 1.807) is 11.9 Å². The standard InChI is InChI=1S/C17H21N5O2S2/c1-11-9-13-3-4-14(10-15(13)24-11)26-22-7-5-21(6-8-22)17-20-19-16(25-17)18-12(2)23/h3-4,10-11H,5-9H2,1-2H3,(H,18,19,23)/t11-/m0/s1. The smallest absolute Gasteiger partial charge is 0.223 e. The number of piperazine rings is 1. The van der Waals surface area contributed by atoms with Crippen LogP contribution in [-0.4, -0.2) is 52.7 Å². The van der Waals surface area contributed by atoms with Gasteiger partial charge in [0.25, 0.3) is 0 Å². The zero-order chi connectivity index (χ0) is 18.1. The maximum absolute atomic E-state index is 11.1. The summed E-state index contributed by atoms with van der Waals surface area (Å²) >= 11 is 3.20. The second-order valence-electron chi connectivity index (χ2n) is 6.48. The number of anilines is 2. The Hall–Kier alpha value is -1.84. The van der Waals surface area contributed by atoms with E-state index in [2.05, 4.69) is 49.8 Å². The van der Waals surface area contributed by atoms with Crippen molar-refractivity contribution in [2.45, 2.75) is 31.3 Å². The second-order valence-corrected chi connectivity index (χ2v) is 8.61. The van der Waals surface area contributed by atoms with E-state index in [1.165, 1.54) is 28.7 Å². The van der Waals surface area contributed by atoms with Gasteiger partial charge in [-0.15, -0.1) is 10.2 Å². The molecule has 1 saturated heterocycles. The molecule has 1 atom stereocenters. The lowest BCUT2D eigenvalue weighted by atomic mass is 10.1. The Morgan fingerprint density at radius 3 is 2.88 bits per heavy atom. The minimum atomic E-state index is -0.123. The molecule has 2 aromatic rings. The van der Waals surface area contributed by atoms with E-state index in [9.17, 15) is 4.79 Å². The van der Waals surface area contributed by atoms with Crippen LogP contribution in [0.3, 0.4) is 0 Å². The highest BCUT2D eigenvalue weighted by Gasteiger charge is 2.23. The molecule has 1 aromatic carbocycles. The number of nitrogens with zero attached hydrogens (tertiary/aromatic N) is 4. The fourth-order valence-corrected chi connectivity index (χ4v) is 4.88. The Kier molecular flexibility index (Phi) is 5.01. The Labute approximate surface area is 160 Å². The van der Waals surface area contributed by atoms with Crippen LogP contribution in [0.5, 0.6) is 5.75 Å². The van der Waals surface area contributed by atoms with Crippen LogP contribution in [0.4, 0.5) is 10.3 Å². The van der Waals surface area contributed by atoms with Gasteiger partial charge < -0.3 is 15.0 Å².